The summed E-state index contributed by atoms with van der Waals surface area (Å²) in [5, 5.41) is 1.02. The molecule has 0 saturated carbocycles. The maximum absolute atomic E-state index is 11.7. The van der Waals surface area contributed by atoms with E-state index in [2.05, 4.69) is 4.98 Å². The summed E-state index contributed by atoms with van der Waals surface area (Å²) in [5.74, 6) is 0. The first-order valence-corrected chi connectivity index (χ1v) is 4.72. The van der Waals surface area contributed by atoms with Crippen LogP contribution >= 0.6 is 0 Å². The molecule has 0 spiro atoms. The van der Waals surface area contributed by atoms with Gasteiger partial charge in [-0.2, -0.15) is 0 Å². The van der Waals surface area contributed by atoms with Crippen LogP contribution in [0.15, 0.2) is 53.5 Å². The molecule has 3 heteroatoms. The Morgan fingerprint density at radius 2 is 1.93 bits per heavy atom. The Morgan fingerprint density at radius 1 is 1.07 bits per heavy atom. The fourth-order valence-electron chi connectivity index (χ4n) is 1.78. The van der Waals surface area contributed by atoms with Crippen LogP contribution in [0.5, 0.6) is 0 Å². The van der Waals surface area contributed by atoms with Gasteiger partial charge in [-0.15, -0.1) is 0 Å². The van der Waals surface area contributed by atoms with E-state index in [0.29, 0.717) is 5.65 Å². The van der Waals surface area contributed by atoms with E-state index in [1.165, 1.54) is 12.3 Å². The van der Waals surface area contributed by atoms with Gasteiger partial charge in [0.15, 0.2) is 0 Å². The van der Waals surface area contributed by atoms with E-state index in [0.717, 1.165) is 10.9 Å². The van der Waals surface area contributed by atoms with Crippen molar-refractivity contribution in [2.75, 3.05) is 0 Å². The lowest BCUT2D eigenvalue weighted by molar-refractivity contribution is 1.11. The minimum Gasteiger partial charge on any atom is -0.269 e. The molecule has 2 heterocycles. The summed E-state index contributed by atoms with van der Waals surface area (Å²) in [6, 6.07) is 13.1. The molecule has 1 aromatic carbocycles. The zero-order valence-electron chi connectivity index (χ0n) is 7.92. The van der Waals surface area contributed by atoms with E-state index in [9.17, 15) is 4.79 Å². The molecule has 0 saturated heterocycles. The summed E-state index contributed by atoms with van der Waals surface area (Å²) >= 11 is 0. The molecule has 0 unspecified atom stereocenters. The predicted molar refractivity (Wildman–Crippen MR) is 59.0 cm³/mol. The Morgan fingerprint density at radius 3 is 2.87 bits per heavy atom. The molecule has 3 rings (SSSR count). The van der Waals surface area contributed by atoms with Crippen LogP contribution in [0, 0.1) is 0 Å². The van der Waals surface area contributed by atoms with Gasteiger partial charge in [0.1, 0.15) is 5.65 Å². The zero-order chi connectivity index (χ0) is 10.3. The molecule has 0 N–H and O–H groups in total. The highest BCUT2D eigenvalue weighted by Crippen LogP contribution is 2.15. The fourth-order valence-corrected chi connectivity index (χ4v) is 1.78. The maximum Gasteiger partial charge on any atom is 0.258 e. The van der Waals surface area contributed by atoms with Gasteiger partial charge >= 0.3 is 0 Å². The predicted octanol–water partition coefficient (Wildman–Crippen LogP) is 1.85. The number of aromatic nitrogens is 2. The first-order chi connectivity index (χ1) is 7.36. The van der Waals surface area contributed by atoms with Gasteiger partial charge in [0.25, 0.3) is 5.56 Å². The van der Waals surface area contributed by atoms with Crippen LogP contribution < -0.4 is 5.56 Å². The number of rotatable bonds is 0. The van der Waals surface area contributed by atoms with Crippen LogP contribution in [-0.4, -0.2) is 9.38 Å². The molecule has 0 atom stereocenters. The Balaban J connectivity index is 2.70. The second kappa shape index (κ2) is 2.92. The van der Waals surface area contributed by atoms with E-state index in [-0.39, 0.29) is 5.56 Å². The van der Waals surface area contributed by atoms with Crippen LogP contribution in [0.2, 0.25) is 0 Å². The van der Waals surface area contributed by atoms with E-state index in [4.69, 9.17) is 0 Å². The highest BCUT2D eigenvalue weighted by atomic mass is 16.1. The van der Waals surface area contributed by atoms with Crippen molar-refractivity contribution in [3.8, 4) is 0 Å². The Labute approximate surface area is 85.6 Å². The molecule has 0 fully saturated rings. The Bertz CT molecular complexity index is 700. The molecule has 0 aliphatic heterocycles. The molecule has 2 aromatic heterocycles. The Kier molecular flexibility index (Phi) is 1.59. The monoisotopic (exact) mass is 196 g/mol. The van der Waals surface area contributed by atoms with Crippen LogP contribution in [0.1, 0.15) is 0 Å². The van der Waals surface area contributed by atoms with Gasteiger partial charge in [0.05, 0.1) is 5.52 Å². The molecule has 0 bridgehead atoms. The van der Waals surface area contributed by atoms with Crippen molar-refractivity contribution in [3.63, 3.8) is 0 Å². The lowest BCUT2D eigenvalue weighted by Gasteiger charge is -1.90. The van der Waals surface area contributed by atoms with Crippen molar-refractivity contribution in [2.45, 2.75) is 0 Å². The Hall–Kier alpha value is -2.16. The van der Waals surface area contributed by atoms with E-state index < -0.39 is 0 Å². The quantitative estimate of drug-likeness (QED) is 0.550. The average molecular weight is 196 g/mol. The van der Waals surface area contributed by atoms with E-state index in [1.54, 1.807) is 4.40 Å². The van der Waals surface area contributed by atoms with Gasteiger partial charge in [-0.05, 0) is 12.1 Å². The minimum absolute atomic E-state index is 0.0406. The molecule has 72 valence electrons. The molecule has 0 aliphatic rings. The normalized spacial score (nSPS) is 10.9. The summed E-state index contributed by atoms with van der Waals surface area (Å²) in [7, 11) is 0. The third kappa shape index (κ3) is 1.13. The smallest absolute Gasteiger partial charge is 0.258 e. The second-order valence-electron chi connectivity index (χ2n) is 3.37. The largest absolute Gasteiger partial charge is 0.269 e. The van der Waals surface area contributed by atoms with Gasteiger partial charge in [-0.25, -0.2) is 4.98 Å². The topological polar surface area (TPSA) is 34.4 Å². The van der Waals surface area contributed by atoms with Crippen LogP contribution in [0.3, 0.4) is 0 Å². The molecule has 15 heavy (non-hydrogen) atoms. The third-order valence-corrected chi connectivity index (χ3v) is 2.45. The summed E-state index contributed by atoms with van der Waals surface area (Å²) in [6.07, 6.45) is 1.54. The van der Waals surface area contributed by atoms with Gasteiger partial charge in [0, 0.05) is 17.6 Å². The lowest BCUT2D eigenvalue weighted by Crippen LogP contribution is -2.10. The summed E-state index contributed by atoms with van der Waals surface area (Å²) in [5.41, 5.74) is 1.55. The number of fused-ring (bicyclic) bond motifs is 3. The highest BCUT2D eigenvalue weighted by molar-refractivity contribution is 5.85. The lowest BCUT2D eigenvalue weighted by atomic mass is 10.3. The summed E-state index contributed by atoms with van der Waals surface area (Å²) < 4.78 is 1.62. The molecule has 3 aromatic rings. The second-order valence-corrected chi connectivity index (χ2v) is 3.37. The molecule has 0 aliphatic carbocycles. The SMILES string of the molecule is O=c1ccnc2cc3cccccc3n12. The van der Waals surface area contributed by atoms with Crippen molar-refractivity contribution >= 4 is 16.6 Å². The van der Waals surface area contributed by atoms with Crippen LogP contribution in [-0.2, 0) is 0 Å². The number of hydrogen-bond donors (Lipinski definition) is 0. The first kappa shape index (κ1) is 8.17. The molecular weight excluding hydrogens is 188 g/mol. The highest BCUT2D eigenvalue weighted by Gasteiger charge is 2.03. The molecule has 3 nitrogen and oxygen atoms in total. The molecule has 0 amide bonds. The van der Waals surface area contributed by atoms with Crippen LogP contribution in [0.25, 0.3) is 16.6 Å². The summed E-state index contributed by atoms with van der Waals surface area (Å²) in [4.78, 5) is 15.8. The van der Waals surface area contributed by atoms with Gasteiger partial charge in [-0.1, -0.05) is 24.3 Å². The zero-order valence-corrected chi connectivity index (χ0v) is 7.92. The first-order valence-electron chi connectivity index (χ1n) is 4.72. The maximum atomic E-state index is 11.7. The van der Waals surface area contributed by atoms with E-state index >= 15 is 0 Å². The van der Waals surface area contributed by atoms with Crippen molar-refractivity contribution < 1.29 is 0 Å². The van der Waals surface area contributed by atoms with Crippen molar-refractivity contribution in [1.29, 1.82) is 0 Å². The molecule has 0 radical (unpaired) electrons. The van der Waals surface area contributed by atoms with Crippen molar-refractivity contribution in [1.82, 2.24) is 9.38 Å². The summed E-state index contributed by atoms with van der Waals surface area (Å²) in [6.45, 7) is 0. The standard InChI is InChI=1S/C12H8N2O/c15-12-6-7-13-11-8-9-4-2-1-3-5-10(9)14(11)12/h1-8H. The third-order valence-electron chi connectivity index (χ3n) is 2.45. The van der Waals surface area contributed by atoms with Crippen LogP contribution in [0.4, 0.5) is 0 Å². The minimum atomic E-state index is -0.0406. The van der Waals surface area contributed by atoms with E-state index in [1.807, 2.05) is 36.4 Å². The van der Waals surface area contributed by atoms with Gasteiger partial charge in [-0.3, -0.25) is 9.20 Å². The fraction of sp³-hybridized carbons (Fsp3) is 0. The number of hydrogen-bond acceptors (Lipinski definition) is 2. The van der Waals surface area contributed by atoms with Gasteiger partial charge in [0.2, 0.25) is 0 Å². The van der Waals surface area contributed by atoms with Crippen molar-refractivity contribution in [3.05, 3.63) is 59.0 Å². The van der Waals surface area contributed by atoms with Gasteiger partial charge < -0.3 is 0 Å². The average Bonchev–Trinajstić information content (AvgIpc) is 2.43. The number of nitrogens with zero attached hydrogens (tertiary/aromatic N) is 2. The molecular formula is C12H8N2O. The van der Waals surface area contributed by atoms with Crippen molar-refractivity contribution in [2.24, 2.45) is 0 Å².